The molecule has 6 heteroatoms. The van der Waals surface area contributed by atoms with Crippen LogP contribution in [0.15, 0.2) is 16.0 Å². The van der Waals surface area contributed by atoms with E-state index < -0.39 is 0 Å². The van der Waals surface area contributed by atoms with Crippen molar-refractivity contribution in [1.29, 1.82) is 0 Å². The summed E-state index contributed by atoms with van der Waals surface area (Å²) < 4.78 is 0. The third-order valence-electron chi connectivity index (χ3n) is 3.07. The van der Waals surface area contributed by atoms with Gasteiger partial charge in [-0.3, -0.25) is 4.79 Å². The molecule has 0 radical (unpaired) electrons. The Balaban J connectivity index is 1.89. The lowest BCUT2D eigenvalue weighted by molar-refractivity contribution is 0.531. The Morgan fingerprint density at radius 2 is 2.22 bits per heavy atom. The summed E-state index contributed by atoms with van der Waals surface area (Å²) >= 11 is 3.29. The second-order valence-corrected chi connectivity index (χ2v) is 7.04. The highest BCUT2D eigenvalue weighted by Crippen LogP contribution is 2.27. The number of fused-ring (bicyclic) bond motifs is 1. The predicted octanol–water partition coefficient (Wildman–Crippen LogP) is 2.14. The zero-order chi connectivity index (χ0) is 12.5. The highest BCUT2D eigenvalue weighted by molar-refractivity contribution is 7.99. The third-order valence-corrected chi connectivity index (χ3v) is 5.23. The molecule has 96 valence electrons. The SMILES string of the molecule is Cc1cc2c(=O)[nH]c(SC3CCNCC3)nc2s1. The van der Waals surface area contributed by atoms with E-state index in [0.29, 0.717) is 10.6 Å². The topological polar surface area (TPSA) is 57.8 Å². The number of piperidine rings is 1. The quantitative estimate of drug-likeness (QED) is 0.828. The van der Waals surface area contributed by atoms with Gasteiger partial charge in [-0.2, -0.15) is 0 Å². The number of rotatable bonds is 2. The maximum atomic E-state index is 11.9. The molecule has 0 spiro atoms. The van der Waals surface area contributed by atoms with Crippen molar-refractivity contribution in [2.24, 2.45) is 0 Å². The average Bonchev–Trinajstić information content (AvgIpc) is 2.72. The van der Waals surface area contributed by atoms with Crippen LogP contribution in [-0.4, -0.2) is 28.3 Å². The van der Waals surface area contributed by atoms with Crippen LogP contribution < -0.4 is 10.9 Å². The van der Waals surface area contributed by atoms with Gasteiger partial charge in [0.2, 0.25) is 0 Å². The Labute approximate surface area is 113 Å². The largest absolute Gasteiger partial charge is 0.317 e. The predicted molar refractivity (Wildman–Crippen MR) is 76.7 cm³/mol. The summed E-state index contributed by atoms with van der Waals surface area (Å²) in [5.41, 5.74) is -0.0132. The Morgan fingerprint density at radius 3 is 3.00 bits per heavy atom. The maximum absolute atomic E-state index is 11.9. The summed E-state index contributed by atoms with van der Waals surface area (Å²) in [6.45, 7) is 4.12. The van der Waals surface area contributed by atoms with Gasteiger partial charge in [0.15, 0.2) is 5.16 Å². The molecule has 3 heterocycles. The van der Waals surface area contributed by atoms with E-state index in [0.717, 1.165) is 40.8 Å². The number of H-pyrrole nitrogens is 1. The first-order valence-electron chi connectivity index (χ1n) is 6.10. The fourth-order valence-electron chi connectivity index (χ4n) is 2.16. The molecule has 0 aliphatic carbocycles. The molecule has 1 fully saturated rings. The van der Waals surface area contributed by atoms with E-state index in [1.54, 1.807) is 23.1 Å². The van der Waals surface area contributed by atoms with Crippen molar-refractivity contribution >= 4 is 33.3 Å². The Kier molecular flexibility index (Phi) is 3.41. The Bertz CT molecular complexity index is 613. The lowest BCUT2D eigenvalue weighted by Crippen LogP contribution is -2.29. The van der Waals surface area contributed by atoms with Crippen molar-refractivity contribution in [1.82, 2.24) is 15.3 Å². The number of nitrogens with one attached hydrogen (secondary N) is 2. The molecule has 1 aliphatic heterocycles. The summed E-state index contributed by atoms with van der Waals surface area (Å²) in [7, 11) is 0. The van der Waals surface area contributed by atoms with E-state index in [9.17, 15) is 4.79 Å². The number of aromatic amines is 1. The molecule has 0 amide bonds. The molecule has 0 aromatic carbocycles. The number of hydrogen-bond acceptors (Lipinski definition) is 5. The van der Waals surface area contributed by atoms with E-state index >= 15 is 0 Å². The minimum Gasteiger partial charge on any atom is -0.317 e. The van der Waals surface area contributed by atoms with E-state index in [1.807, 2.05) is 13.0 Å². The van der Waals surface area contributed by atoms with Gasteiger partial charge in [-0.05, 0) is 38.9 Å². The van der Waals surface area contributed by atoms with Gasteiger partial charge in [-0.15, -0.1) is 11.3 Å². The molecule has 2 aromatic heterocycles. The van der Waals surface area contributed by atoms with E-state index in [4.69, 9.17) is 0 Å². The monoisotopic (exact) mass is 281 g/mol. The first-order valence-corrected chi connectivity index (χ1v) is 7.80. The van der Waals surface area contributed by atoms with Crippen molar-refractivity contribution in [2.45, 2.75) is 30.2 Å². The molecule has 1 aliphatic rings. The van der Waals surface area contributed by atoms with Crippen molar-refractivity contribution < 1.29 is 0 Å². The zero-order valence-electron chi connectivity index (χ0n) is 10.2. The molecule has 0 atom stereocenters. The van der Waals surface area contributed by atoms with Gasteiger partial charge < -0.3 is 10.3 Å². The molecule has 3 rings (SSSR count). The van der Waals surface area contributed by atoms with Gasteiger partial charge in [0.1, 0.15) is 4.83 Å². The van der Waals surface area contributed by atoms with Gasteiger partial charge in [0, 0.05) is 10.1 Å². The summed E-state index contributed by atoms with van der Waals surface area (Å²) in [6.07, 6.45) is 2.27. The first kappa shape index (κ1) is 12.2. The van der Waals surface area contributed by atoms with Crippen LogP contribution in [0.1, 0.15) is 17.7 Å². The van der Waals surface area contributed by atoms with Crippen LogP contribution in [0.25, 0.3) is 10.2 Å². The van der Waals surface area contributed by atoms with Crippen LogP contribution >= 0.6 is 23.1 Å². The fourth-order valence-corrected chi connectivity index (χ4v) is 4.18. The first-order chi connectivity index (χ1) is 8.72. The van der Waals surface area contributed by atoms with Crippen LogP contribution in [-0.2, 0) is 0 Å². The molecule has 0 bridgehead atoms. The third kappa shape index (κ3) is 2.46. The van der Waals surface area contributed by atoms with Crippen LogP contribution in [0.2, 0.25) is 0 Å². The number of hydrogen-bond donors (Lipinski definition) is 2. The molecular formula is C12H15N3OS2. The standard InChI is InChI=1S/C12H15N3OS2/c1-7-6-9-10(16)14-12(15-11(9)17-7)18-8-2-4-13-5-3-8/h6,8,13H,2-5H2,1H3,(H,14,15,16). The molecule has 2 N–H and O–H groups in total. The van der Waals surface area contributed by atoms with Gasteiger partial charge in [0.25, 0.3) is 5.56 Å². The Hall–Kier alpha value is -0.850. The Morgan fingerprint density at radius 1 is 1.44 bits per heavy atom. The number of thioether (sulfide) groups is 1. The normalized spacial score (nSPS) is 17.4. The number of thiophene rings is 1. The maximum Gasteiger partial charge on any atom is 0.260 e. The van der Waals surface area contributed by atoms with Crippen molar-refractivity contribution in [3.05, 3.63) is 21.3 Å². The smallest absolute Gasteiger partial charge is 0.260 e. The van der Waals surface area contributed by atoms with Gasteiger partial charge >= 0.3 is 0 Å². The number of aromatic nitrogens is 2. The van der Waals surface area contributed by atoms with Crippen LogP contribution in [0, 0.1) is 6.92 Å². The molecule has 2 aromatic rings. The van der Waals surface area contributed by atoms with Gasteiger partial charge in [0.05, 0.1) is 5.39 Å². The molecule has 1 saturated heterocycles. The summed E-state index contributed by atoms with van der Waals surface area (Å²) in [5, 5.41) is 5.38. The number of aryl methyl sites for hydroxylation is 1. The molecular weight excluding hydrogens is 266 g/mol. The summed E-state index contributed by atoms with van der Waals surface area (Å²) in [6, 6.07) is 1.91. The van der Waals surface area contributed by atoms with E-state index in [1.165, 1.54) is 0 Å². The summed E-state index contributed by atoms with van der Waals surface area (Å²) in [4.78, 5) is 21.4. The van der Waals surface area contributed by atoms with Crippen LogP contribution in [0.5, 0.6) is 0 Å². The van der Waals surface area contributed by atoms with Crippen molar-refractivity contribution in [3.63, 3.8) is 0 Å². The lowest BCUT2D eigenvalue weighted by Gasteiger charge is -2.21. The molecule has 0 unspecified atom stereocenters. The van der Waals surface area contributed by atoms with Crippen molar-refractivity contribution in [2.75, 3.05) is 13.1 Å². The minimum atomic E-state index is -0.0132. The highest BCUT2D eigenvalue weighted by atomic mass is 32.2. The van der Waals surface area contributed by atoms with Crippen LogP contribution in [0.4, 0.5) is 0 Å². The highest BCUT2D eigenvalue weighted by Gasteiger charge is 2.16. The fraction of sp³-hybridized carbons (Fsp3) is 0.500. The zero-order valence-corrected chi connectivity index (χ0v) is 11.8. The van der Waals surface area contributed by atoms with Gasteiger partial charge in [-0.25, -0.2) is 4.98 Å². The minimum absolute atomic E-state index is 0.0132. The second kappa shape index (κ2) is 5.03. The average molecular weight is 281 g/mol. The molecule has 0 saturated carbocycles. The lowest BCUT2D eigenvalue weighted by atomic mass is 10.2. The van der Waals surface area contributed by atoms with Crippen molar-refractivity contribution in [3.8, 4) is 0 Å². The molecule has 18 heavy (non-hydrogen) atoms. The van der Waals surface area contributed by atoms with Crippen LogP contribution in [0.3, 0.4) is 0 Å². The second-order valence-electron chi connectivity index (χ2n) is 4.51. The molecule has 4 nitrogen and oxygen atoms in total. The number of nitrogens with zero attached hydrogens (tertiary/aromatic N) is 1. The van der Waals surface area contributed by atoms with E-state index in [2.05, 4.69) is 15.3 Å². The van der Waals surface area contributed by atoms with Gasteiger partial charge in [-0.1, -0.05) is 11.8 Å². The van der Waals surface area contributed by atoms with E-state index in [-0.39, 0.29) is 5.56 Å². The summed E-state index contributed by atoms with van der Waals surface area (Å²) in [5.74, 6) is 0.